The Morgan fingerprint density at radius 3 is 2.71 bits per heavy atom. The van der Waals surface area contributed by atoms with Crippen LogP contribution in [0.2, 0.25) is 0 Å². The van der Waals surface area contributed by atoms with Gasteiger partial charge >= 0.3 is 0 Å². The number of carbonyl (C=O) groups excluding carboxylic acids is 1. The Balaban J connectivity index is 1.78. The molecule has 1 aromatic heterocycles. The van der Waals surface area contributed by atoms with E-state index in [0.29, 0.717) is 11.9 Å². The third-order valence-electron chi connectivity index (χ3n) is 4.96. The third kappa shape index (κ3) is 2.71. The lowest BCUT2D eigenvalue weighted by Gasteiger charge is -2.42. The van der Waals surface area contributed by atoms with E-state index in [1.54, 1.807) is 0 Å². The summed E-state index contributed by atoms with van der Waals surface area (Å²) < 4.78 is 1.82. The van der Waals surface area contributed by atoms with E-state index in [0.717, 1.165) is 13.1 Å². The molecule has 2 fully saturated rings. The molecular weight excluding hydrogens is 264 g/mol. The molecule has 0 aromatic carbocycles. The Morgan fingerprint density at radius 1 is 1.43 bits per heavy atom. The van der Waals surface area contributed by atoms with Crippen LogP contribution in [0.15, 0.2) is 12.4 Å². The highest BCUT2D eigenvalue weighted by atomic mass is 16.2. The maximum atomic E-state index is 13.1. The molecule has 0 bridgehead atoms. The highest BCUT2D eigenvalue weighted by Crippen LogP contribution is 2.33. The highest BCUT2D eigenvalue weighted by Gasteiger charge is 2.40. The molecule has 21 heavy (non-hydrogen) atoms. The first-order chi connectivity index (χ1) is 10.1. The molecule has 5 nitrogen and oxygen atoms in total. The Morgan fingerprint density at radius 2 is 2.19 bits per heavy atom. The van der Waals surface area contributed by atoms with Crippen molar-refractivity contribution in [1.29, 1.82) is 0 Å². The van der Waals surface area contributed by atoms with Crippen molar-refractivity contribution in [3.8, 4) is 0 Å². The van der Waals surface area contributed by atoms with E-state index in [1.165, 1.54) is 24.8 Å². The molecule has 3 rings (SSSR count). The summed E-state index contributed by atoms with van der Waals surface area (Å²) in [6.45, 7) is 5.93. The maximum absolute atomic E-state index is 13.1. The first kappa shape index (κ1) is 14.6. The molecule has 1 N–H and O–H groups in total. The fourth-order valence-electron chi connectivity index (χ4n) is 3.63. The van der Waals surface area contributed by atoms with Gasteiger partial charge in [0.15, 0.2) is 0 Å². The SMILES string of the molecule is CC(C)N(C(=O)[C@H]1CNC[C@@H]1c1cnn(C)c1)C1CCC1. The minimum absolute atomic E-state index is 0.0530. The van der Waals surface area contributed by atoms with Gasteiger partial charge in [-0.1, -0.05) is 0 Å². The number of carbonyl (C=O) groups is 1. The number of amides is 1. The van der Waals surface area contributed by atoms with Gasteiger partial charge in [0.2, 0.25) is 5.91 Å². The number of nitrogens with zero attached hydrogens (tertiary/aromatic N) is 3. The van der Waals surface area contributed by atoms with E-state index in [4.69, 9.17) is 0 Å². The van der Waals surface area contributed by atoms with Crippen molar-refractivity contribution >= 4 is 5.91 Å². The fraction of sp³-hybridized carbons (Fsp3) is 0.750. The van der Waals surface area contributed by atoms with Gasteiger partial charge in [-0.05, 0) is 38.7 Å². The van der Waals surface area contributed by atoms with Crippen LogP contribution in [-0.2, 0) is 11.8 Å². The first-order valence-electron chi connectivity index (χ1n) is 8.09. The van der Waals surface area contributed by atoms with Crippen LogP contribution in [0.25, 0.3) is 0 Å². The molecule has 0 unspecified atom stereocenters. The summed E-state index contributed by atoms with van der Waals surface area (Å²) in [5, 5.41) is 7.66. The molecule has 0 spiro atoms. The maximum Gasteiger partial charge on any atom is 0.228 e. The summed E-state index contributed by atoms with van der Waals surface area (Å²) in [6.07, 6.45) is 7.54. The molecule has 1 aromatic rings. The zero-order chi connectivity index (χ0) is 15.0. The third-order valence-corrected chi connectivity index (χ3v) is 4.96. The lowest BCUT2D eigenvalue weighted by Crippen LogP contribution is -2.51. The summed E-state index contributed by atoms with van der Waals surface area (Å²) in [7, 11) is 1.93. The molecule has 116 valence electrons. The zero-order valence-corrected chi connectivity index (χ0v) is 13.2. The van der Waals surface area contributed by atoms with Gasteiger partial charge in [-0.15, -0.1) is 0 Å². The number of aryl methyl sites for hydroxylation is 1. The van der Waals surface area contributed by atoms with Gasteiger partial charge in [-0.2, -0.15) is 5.10 Å². The van der Waals surface area contributed by atoms with Gasteiger partial charge in [0.25, 0.3) is 0 Å². The van der Waals surface area contributed by atoms with Crippen LogP contribution < -0.4 is 5.32 Å². The molecule has 2 heterocycles. The zero-order valence-electron chi connectivity index (χ0n) is 13.2. The Kier molecular flexibility index (Phi) is 4.02. The highest BCUT2D eigenvalue weighted by molar-refractivity contribution is 5.81. The first-order valence-corrected chi connectivity index (χ1v) is 8.09. The summed E-state index contributed by atoms with van der Waals surface area (Å²) in [6, 6.07) is 0.755. The minimum Gasteiger partial charge on any atom is -0.337 e. The largest absolute Gasteiger partial charge is 0.337 e. The van der Waals surface area contributed by atoms with E-state index in [-0.39, 0.29) is 17.9 Å². The summed E-state index contributed by atoms with van der Waals surface area (Å²) in [5.74, 6) is 0.637. The van der Waals surface area contributed by atoms with Crippen molar-refractivity contribution in [3.63, 3.8) is 0 Å². The quantitative estimate of drug-likeness (QED) is 0.914. The predicted molar refractivity (Wildman–Crippen MR) is 81.9 cm³/mol. The average Bonchev–Trinajstić information content (AvgIpc) is 3.00. The lowest BCUT2D eigenvalue weighted by atomic mass is 9.85. The van der Waals surface area contributed by atoms with Gasteiger partial charge in [0.1, 0.15) is 0 Å². The summed E-state index contributed by atoms with van der Waals surface area (Å²) in [4.78, 5) is 15.2. The minimum atomic E-state index is 0.0530. The normalized spacial score (nSPS) is 26.1. The molecule has 1 amide bonds. The van der Waals surface area contributed by atoms with Crippen molar-refractivity contribution in [2.24, 2.45) is 13.0 Å². The predicted octanol–water partition coefficient (Wildman–Crippen LogP) is 1.51. The second-order valence-corrected chi connectivity index (χ2v) is 6.74. The van der Waals surface area contributed by atoms with Crippen molar-refractivity contribution in [3.05, 3.63) is 18.0 Å². The van der Waals surface area contributed by atoms with Crippen molar-refractivity contribution in [2.45, 2.75) is 51.1 Å². The van der Waals surface area contributed by atoms with Crippen LogP contribution in [-0.4, -0.2) is 45.8 Å². The average molecular weight is 290 g/mol. The fourth-order valence-corrected chi connectivity index (χ4v) is 3.63. The van der Waals surface area contributed by atoms with Crippen molar-refractivity contribution in [2.75, 3.05) is 13.1 Å². The summed E-state index contributed by atoms with van der Waals surface area (Å²) >= 11 is 0. The molecule has 1 aliphatic carbocycles. The van der Waals surface area contributed by atoms with E-state index in [2.05, 4.69) is 29.2 Å². The van der Waals surface area contributed by atoms with E-state index in [9.17, 15) is 4.79 Å². The number of rotatable bonds is 4. The van der Waals surface area contributed by atoms with Gasteiger partial charge in [-0.3, -0.25) is 9.48 Å². The van der Waals surface area contributed by atoms with Gasteiger partial charge in [0.05, 0.1) is 12.1 Å². The van der Waals surface area contributed by atoms with E-state index < -0.39 is 0 Å². The lowest BCUT2D eigenvalue weighted by molar-refractivity contribution is -0.141. The monoisotopic (exact) mass is 290 g/mol. The second-order valence-electron chi connectivity index (χ2n) is 6.74. The molecular formula is C16H26N4O. The van der Waals surface area contributed by atoms with Gasteiger partial charge in [-0.25, -0.2) is 0 Å². The van der Waals surface area contributed by atoms with Crippen LogP contribution in [0.1, 0.15) is 44.6 Å². The van der Waals surface area contributed by atoms with Crippen LogP contribution in [0.5, 0.6) is 0 Å². The van der Waals surface area contributed by atoms with Crippen molar-refractivity contribution < 1.29 is 4.79 Å². The van der Waals surface area contributed by atoms with Gasteiger partial charge in [0, 0.05) is 44.3 Å². The number of nitrogens with one attached hydrogen (secondary N) is 1. The van der Waals surface area contributed by atoms with Crippen LogP contribution in [0, 0.1) is 5.92 Å². The van der Waals surface area contributed by atoms with Gasteiger partial charge < -0.3 is 10.2 Å². The molecule has 1 saturated carbocycles. The number of aromatic nitrogens is 2. The smallest absolute Gasteiger partial charge is 0.228 e. The Labute approximate surface area is 126 Å². The second kappa shape index (κ2) is 5.79. The molecule has 1 aliphatic heterocycles. The standard InChI is InChI=1S/C16H26N4O/c1-11(2)20(13-5-4-6-13)16(21)15-9-17-8-14(15)12-7-18-19(3)10-12/h7,10-11,13-15,17H,4-6,8-9H2,1-3H3/t14-,15+/m1/s1. The van der Waals surface area contributed by atoms with E-state index in [1.807, 2.05) is 24.1 Å². The molecule has 1 saturated heterocycles. The molecule has 2 aliphatic rings. The van der Waals surface area contributed by atoms with Crippen molar-refractivity contribution in [1.82, 2.24) is 20.0 Å². The topological polar surface area (TPSA) is 50.2 Å². The van der Waals surface area contributed by atoms with Crippen LogP contribution >= 0.6 is 0 Å². The number of hydrogen-bond acceptors (Lipinski definition) is 3. The van der Waals surface area contributed by atoms with Crippen LogP contribution in [0.3, 0.4) is 0 Å². The molecule has 2 atom stereocenters. The Hall–Kier alpha value is -1.36. The van der Waals surface area contributed by atoms with E-state index >= 15 is 0 Å². The Bertz CT molecular complexity index is 506. The molecule has 5 heteroatoms. The molecule has 0 radical (unpaired) electrons. The summed E-state index contributed by atoms with van der Waals surface area (Å²) in [5.41, 5.74) is 1.18. The number of hydrogen-bond donors (Lipinski definition) is 1. The van der Waals surface area contributed by atoms with Crippen LogP contribution in [0.4, 0.5) is 0 Å².